The highest BCUT2D eigenvalue weighted by Crippen LogP contribution is 2.17. The molecule has 4 heteroatoms. The Morgan fingerprint density at radius 2 is 2.00 bits per heavy atom. The van der Waals surface area contributed by atoms with Gasteiger partial charge in [-0.3, -0.25) is 9.78 Å². The number of carbonyl (C=O) groups excluding carboxylic acids is 1. The second kappa shape index (κ2) is 5.56. The molecule has 0 fully saturated rings. The van der Waals surface area contributed by atoms with Crippen molar-refractivity contribution in [1.82, 2.24) is 4.98 Å². The summed E-state index contributed by atoms with van der Waals surface area (Å²) in [6, 6.07) is 11.3. The van der Waals surface area contributed by atoms with E-state index in [1.807, 2.05) is 30.3 Å². The van der Waals surface area contributed by atoms with E-state index < -0.39 is 0 Å². The van der Waals surface area contributed by atoms with Crippen molar-refractivity contribution in [2.75, 3.05) is 0 Å². The lowest BCUT2D eigenvalue weighted by molar-refractivity contribution is 0.0987. The lowest BCUT2D eigenvalue weighted by atomic mass is 10.1. The van der Waals surface area contributed by atoms with Gasteiger partial charge >= 0.3 is 0 Å². The standard InChI is InChI=1S/C13H9Br2NO/c14-10-4-1-3-9(7-10)8-12(17)13-11(15)5-2-6-16-13/h1-7H,8H2. The number of aromatic nitrogens is 1. The molecule has 0 N–H and O–H groups in total. The summed E-state index contributed by atoms with van der Waals surface area (Å²) in [7, 11) is 0. The molecule has 0 unspecified atom stereocenters. The molecule has 0 spiro atoms. The number of rotatable bonds is 3. The van der Waals surface area contributed by atoms with Crippen molar-refractivity contribution < 1.29 is 4.79 Å². The minimum atomic E-state index is 0.00979. The first-order valence-electron chi connectivity index (χ1n) is 5.05. The molecule has 2 aromatic rings. The Labute approximate surface area is 116 Å². The van der Waals surface area contributed by atoms with Gasteiger partial charge < -0.3 is 0 Å². The van der Waals surface area contributed by atoms with Gasteiger partial charge in [0.25, 0.3) is 0 Å². The van der Waals surface area contributed by atoms with Crippen LogP contribution in [0.15, 0.2) is 51.5 Å². The lowest BCUT2D eigenvalue weighted by Gasteiger charge is -2.03. The van der Waals surface area contributed by atoms with Gasteiger partial charge in [0.2, 0.25) is 0 Å². The lowest BCUT2D eigenvalue weighted by Crippen LogP contribution is -2.06. The van der Waals surface area contributed by atoms with Gasteiger partial charge in [0.15, 0.2) is 5.78 Å². The van der Waals surface area contributed by atoms with Crippen molar-refractivity contribution >= 4 is 37.6 Å². The van der Waals surface area contributed by atoms with Gasteiger partial charge in [-0.2, -0.15) is 0 Å². The first-order valence-corrected chi connectivity index (χ1v) is 6.63. The van der Waals surface area contributed by atoms with Crippen LogP contribution in [0, 0.1) is 0 Å². The van der Waals surface area contributed by atoms with Crippen LogP contribution < -0.4 is 0 Å². The molecule has 86 valence electrons. The summed E-state index contributed by atoms with van der Waals surface area (Å²) in [5, 5.41) is 0. The Morgan fingerprint density at radius 1 is 1.18 bits per heavy atom. The second-order valence-corrected chi connectivity index (χ2v) is 5.33. The molecule has 0 saturated carbocycles. The van der Waals surface area contributed by atoms with E-state index in [9.17, 15) is 4.79 Å². The van der Waals surface area contributed by atoms with Crippen molar-refractivity contribution in [2.45, 2.75) is 6.42 Å². The predicted octanol–water partition coefficient (Wildman–Crippen LogP) is 4.03. The van der Waals surface area contributed by atoms with Crippen LogP contribution in [0.4, 0.5) is 0 Å². The largest absolute Gasteiger partial charge is 0.292 e. The van der Waals surface area contributed by atoms with Gasteiger partial charge in [0.05, 0.1) is 0 Å². The maximum atomic E-state index is 12.0. The Kier molecular flexibility index (Phi) is 4.07. The summed E-state index contributed by atoms with van der Waals surface area (Å²) in [5.74, 6) is 0.00979. The maximum Gasteiger partial charge on any atom is 0.186 e. The Balaban J connectivity index is 2.20. The van der Waals surface area contributed by atoms with Crippen LogP contribution in [0.3, 0.4) is 0 Å². The van der Waals surface area contributed by atoms with Crippen LogP contribution in [-0.2, 0) is 6.42 Å². The van der Waals surface area contributed by atoms with Gasteiger partial charge in [-0.05, 0) is 45.8 Å². The zero-order valence-electron chi connectivity index (χ0n) is 8.86. The van der Waals surface area contributed by atoms with E-state index >= 15 is 0 Å². The van der Waals surface area contributed by atoms with E-state index in [0.717, 1.165) is 14.5 Å². The summed E-state index contributed by atoms with van der Waals surface area (Å²) in [6.45, 7) is 0. The third kappa shape index (κ3) is 3.23. The highest BCUT2D eigenvalue weighted by Gasteiger charge is 2.11. The van der Waals surface area contributed by atoms with Crippen molar-refractivity contribution in [2.24, 2.45) is 0 Å². The molecule has 0 amide bonds. The summed E-state index contributed by atoms with van der Waals surface area (Å²) in [4.78, 5) is 16.1. The van der Waals surface area contributed by atoms with Gasteiger partial charge in [-0.25, -0.2) is 0 Å². The molecule has 17 heavy (non-hydrogen) atoms. The van der Waals surface area contributed by atoms with E-state index in [-0.39, 0.29) is 5.78 Å². The zero-order chi connectivity index (χ0) is 12.3. The molecule has 0 saturated heterocycles. The molecule has 1 aromatic heterocycles. The van der Waals surface area contributed by atoms with E-state index in [1.54, 1.807) is 12.3 Å². The number of pyridine rings is 1. The van der Waals surface area contributed by atoms with Crippen LogP contribution in [0.2, 0.25) is 0 Å². The number of halogens is 2. The molecule has 1 heterocycles. The van der Waals surface area contributed by atoms with E-state index in [0.29, 0.717) is 12.1 Å². The minimum Gasteiger partial charge on any atom is -0.292 e. The Morgan fingerprint density at radius 3 is 2.71 bits per heavy atom. The average molecular weight is 355 g/mol. The fourth-order valence-electron chi connectivity index (χ4n) is 1.51. The summed E-state index contributed by atoms with van der Waals surface area (Å²) >= 11 is 6.72. The molecule has 0 atom stereocenters. The molecule has 2 nitrogen and oxygen atoms in total. The number of carbonyl (C=O) groups is 1. The Bertz CT molecular complexity index is 555. The van der Waals surface area contributed by atoms with Crippen molar-refractivity contribution in [3.05, 3.63) is 62.8 Å². The topological polar surface area (TPSA) is 30.0 Å². The van der Waals surface area contributed by atoms with Gasteiger partial charge in [-0.1, -0.05) is 28.1 Å². The SMILES string of the molecule is O=C(Cc1cccc(Br)c1)c1ncccc1Br. The van der Waals surface area contributed by atoms with E-state index in [1.165, 1.54) is 0 Å². The third-order valence-electron chi connectivity index (χ3n) is 2.28. The normalized spacial score (nSPS) is 10.2. The molecule has 0 radical (unpaired) electrons. The summed E-state index contributed by atoms with van der Waals surface area (Å²) in [5.41, 5.74) is 1.45. The first kappa shape index (κ1) is 12.5. The van der Waals surface area contributed by atoms with Gasteiger partial charge in [0, 0.05) is 21.6 Å². The number of benzene rings is 1. The molecule has 2 rings (SSSR count). The van der Waals surface area contributed by atoms with Crippen LogP contribution in [0.25, 0.3) is 0 Å². The van der Waals surface area contributed by atoms with Crippen LogP contribution >= 0.6 is 31.9 Å². The number of Topliss-reactive ketones (excluding diaryl/α,β-unsaturated/α-hetero) is 1. The quantitative estimate of drug-likeness (QED) is 0.779. The fraction of sp³-hybridized carbons (Fsp3) is 0.0769. The number of hydrogen-bond donors (Lipinski definition) is 0. The molecule has 0 aliphatic heterocycles. The van der Waals surface area contributed by atoms with Crippen molar-refractivity contribution in [1.29, 1.82) is 0 Å². The average Bonchev–Trinajstić information content (AvgIpc) is 2.29. The van der Waals surface area contributed by atoms with E-state index in [4.69, 9.17) is 0 Å². The smallest absolute Gasteiger partial charge is 0.186 e. The van der Waals surface area contributed by atoms with Crippen molar-refractivity contribution in [3.8, 4) is 0 Å². The van der Waals surface area contributed by atoms with Gasteiger partial charge in [0.1, 0.15) is 5.69 Å². The zero-order valence-corrected chi connectivity index (χ0v) is 12.0. The fourth-order valence-corrected chi connectivity index (χ4v) is 2.43. The molecular weight excluding hydrogens is 346 g/mol. The first-order chi connectivity index (χ1) is 8.16. The summed E-state index contributed by atoms with van der Waals surface area (Å²) < 4.78 is 1.71. The highest BCUT2D eigenvalue weighted by atomic mass is 79.9. The predicted molar refractivity (Wildman–Crippen MR) is 74.1 cm³/mol. The molecular formula is C13H9Br2NO. The number of ketones is 1. The van der Waals surface area contributed by atoms with Gasteiger partial charge in [-0.15, -0.1) is 0 Å². The minimum absolute atomic E-state index is 0.00979. The maximum absolute atomic E-state index is 12.0. The van der Waals surface area contributed by atoms with Crippen LogP contribution in [0.1, 0.15) is 16.1 Å². The number of nitrogens with zero attached hydrogens (tertiary/aromatic N) is 1. The molecule has 0 aliphatic carbocycles. The Hall–Kier alpha value is -1.00. The van der Waals surface area contributed by atoms with E-state index in [2.05, 4.69) is 36.8 Å². The second-order valence-electron chi connectivity index (χ2n) is 3.56. The van der Waals surface area contributed by atoms with Crippen LogP contribution in [0.5, 0.6) is 0 Å². The van der Waals surface area contributed by atoms with Crippen LogP contribution in [-0.4, -0.2) is 10.8 Å². The number of hydrogen-bond acceptors (Lipinski definition) is 2. The highest BCUT2D eigenvalue weighted by molar-refractivity contribution is 9.10. The summed E-state index contributed by atoms with van der Waals surface area (Å²) in [6.07, 6.45) is 1.98. The molecule has 0 aliphatic rings. The molecule has 0 bridgehead atoms. The van der Waals surface area contributed by atoms with Crippen molar-refractivity contribution in [3.63, 3.8) is 0 Å². The monoisotopic (exact) mass is 353 g/mol. The molecule has 1 aromatic carbocycles. The third-order valence-corrected chi connectivity index (χ3v) is 3.41.